The number of nitrogens with two attached hydrogens (primary N) is 1. The molecule has 0 saturated heterocycles. The van der Waals surface area contributed by atoms with Crippen LogP contribution in [0, 0.1) is 5.92 Å². The van der Waals surface area contributed by atoms with Gasteiger partial charge in [-0.1, -0.05) is 19.3 Å². The standard InChI is InChI=1S/C17H23N7S/c1-24-11-12(9-21-24)14-10-20-15(22-16-19-7-8-25-16)23-17(14,18)13-5-3-2-4-6-13/h7-11,13H,2-6,18H2,1H3,(H2,19,20,22,23). The molecule has 1 aliphatic heterocycles. The SMILES string of the molecule is Cn1cc(C2=CN=C(Nc3nccs3)NC2(N)C2CCCCC2)cn1. The van der Waals surface area contributed by atoms with Crippen LogP contribution in [0.5, 0.6) is 0 Å². The number of nitrogens with one attached hydrogen (secondary N) is 2. The fourth-order valence-corrected chi connectivity index (χ4v) is 4.26. The van der Waals surface area contributed by atoms with E-state index in [1.165, 1.54) is 30.6 Å². The Hall–Kier alpha value is -2.19. The zero-order valence-electron chi connectivity index (χ0n) is 14.3. The van der Waals surface area contributed by atoms with E-state index < -0.39 is 5.66 Å². The minimum absolute atomic E-state index is 0.358. The molecule has 1 atom stereocenters. The molecule has 8 heteroatoms. The van der Waals surface area contributed by atoms with Crippen molar-refractivity contribution in [2.24, 2.45) is 23.7 Å². The van der Waals surface area contributed by atoms with Crippen LogP contribution >= 0.6 is 11.3 Å². The van der Waals surface area contributed by atoms with Crippen molar-refractivity contribution in [3.8, 4) is 0 Å². The molecular weight excluding hydrogens is 334 g/mol. The van der Waals surface area contributed by atoms with Gasteiger partial charge in [-0.3, -0.25) is 4.68 Å². The topological polar surface area (TPSA) is 93.2 Å². The Labute approximate surface area is 151 Å². The summed E-state index contributed by atoms with van der Waals surface area (Å²) in [5.74, 6) is 1.01. The summed E-state index contributed by atoms with van der Waals surface area (Å²) in [5.41, 5.74) is 8.33. The lowest BCUT2D eigenvalue weighted by molar-refractivity contribution is 0.240. The van der Waals surface area contributed by atoms with E-state index in [0.717, 1.165) is 29.1 Å². The van der Waals surface area contributed by atoms with Crippen LogP contribution in [-0.2, 0) is 7.05 Å². The molecule has 1 unspecified atom stereocenters. The minimum atomic E-state index is -0.662. The van der Waals surface area contributed by atoms with Crippen LogP contribution in [-0.4, -0.2) is 26.4 Å². The van der Waals surface area contributed by atoms with Gasteiger partial charge in [0.05, 0.1) is 6.20 Å². The highest BCUT2D eigenvalue weighted by Gasteiger charge is 2.42. The van der Waals surface area contributed by atoms with E-state index in [0.29, 0.717) is 11.9 Å². The number of aliphatic imine (C=N–C) groups is 1. The van der Waals surface area contributed by atoms with Crippen molar-refractivity contribution in [1.29, 1.82) is 0 Å². The van der Waals surface area contributed by atoms with Crippen LogP contribution in [0.2, 0.25) is 0 Å². The Morgan fingerprint density at radius 2 is 2.20 bits per heavy atom. The number of anilines is 1. The molecule has 2 aromatic heterocycles. The molecule has 1 aliphatic carbocycles. The van der Waals surface area contributed by atoms with Gasteiger partial charge in [0, 0.05) is 42.2 Å². The van der Waals surface area contributed by atoms with E-state index in [-0.39, 0.29) is 0 Å². The first-order valence-electron chi connectivity index (χ1n) is 8.66. The molecule has 0 amide bonds. The smallest absolute Gasteiger partial charge is 0.203 e. The van der Waals surface area contributed by atoms with Crippen LogP contribution in [0.25, 0.3) is 5.57 Å². The molecule has 25 heavy (non-hydrogen) atoms. The maximum absolute atomic E-state index is 6.98. The summed E-state index contributed by atoms with van der Waals surface area (Å²) in [7, 11) is 1.91. The number of guanidine groups is 1. The summed E-state index contributed by atoms with van der Waals surface area (Å²) in [6, 6.07) is 0. The predicted octanol–water partition coefficient (Wildman–Crippen LogP) is 2.52. The van der Waals surface area contributed by atoms with Crippen LogP contribution in [0.1, 0.15) is 37.7 Å². The maximum atomic E-state index is 6.98. The zero-order valence-corrected chi connectivity index (χ0v) is 15.1. The molecule has 4 N–H and O–H groups in total. The van der Waals surface area contributed by atoms with Crippen molar-refractivity contribution >= 4 is 28.0 Å². The second-order valence-electron chi connectivity index (χ2n) is 6.71. The average Bonchev–Trinajstić information content (AvgIpc) is 3.28. The Balaban J connectivity index is 1.68. The minimum Gasteiger partial charge on any atom is -0.334 e. The quantitative estimate of drug-likeness (QED) is 0.785. The third-order valence-corrected chi connectivity index (χ3v) is 5.70. The number of thiazole rings is 1. The molecule has 4 rings (SSSR count). The summed E-state index contributed by atoms with van der Waals surface area (Å²) >= 11 is 1.53. The first-order valence-corrected chi connectivity index (χ1v) is 9.54. The first kappa shape index (κ1) is 16.3. The second kappa shape index (κ2) is 6.61. The number of hydrogen-bond acceptors (Lipinski definition) is 7. The van der Waals surface area contributed by atoms with E-state index >= 15 is 0 Å². The molecule has 0 spiro atoms. The molecule has 0 aromatic carbocycles. The van der Waals surface area contributed by atoms with Crippen molar-refractivity contribution < 1.29 is 0 Å². The molecule has 2 aromatic rings. The number of nitrogens with zero attached hydrogens (tertiary/aromatic N) is 4. The molecule has 0 radical (unpaired) electrons. The third-order valence-electron chi connectivity index (χ3n) is 5.02. The van der Waals surface area contributed by atoms with Gasteiger partial charge in [-0.2, -0.15) is 5.10 Å². The van der Waals surface area contributed by atoms with Gasteiger partial charge in [-0.15, -0.1) is 11.3 Å². The summed E-state index contributed by atoms with van der Waals surface area (Å²) in [5, 5.41) is 13.7. The van der Waals surface area contributed by atoms with Gasteiger partial charge in [-0.05, 0) is 18.8 Å². The number of rotatable bonds is 3. The lowest BCUT2D eigenvalue weighted by Crippen LogP contribution is -2.64. The van der Waals surface area contributed by atoms with Gasteiger partial charge in [0.15, 0.2) is 5.13 Å². The normalized spacial score (nSPS) is 24.4. The first-order chi connectivity index (χ1) is 12.1. The molecular formula is C17H23N7S. The Kier molecular flexibility index (Phi) is 4.30. The average molecular weight is 357 g/mol. The third kappa shape index (κ3) is 3.19. The van der Waals surface area contributed by atoms with Crippen molar-refractivity contribution in [1.82, 2.24) is 20.1 Å². The highest BCUT2D eigenvalue weighted by molar-refractivity contribution is 7.13. The Morgan fingerprint density at radius 3 is 2.88 bits per heavy atom. The fourth-order valence-electron chi connectivity index (χ4n) is 3.74. The fraction of sp³-hybridized carbons (Fsp3) is 0.471. The van der Waals surface area contributed by atoms with E-state index in [1.54, 1.807) is 10.9 Å². The van der Waals surface area contributed by atoms with Gasteiger partial charge in [0.2, 0.25) is 5.96 Å². The van der Waals surface area contributed by atoms with Crippen molar-refractivity contribution in [2.45, 2.75) is 37.8 Å². The van der Waals surface area contributed by atoms with E-state index in [1.807, 2.05) is 31.0 Å². The summed E-state index contributed by atoms with van der Waals surface area (Å²) in [4.78, 5) is 8.81. The van der Waals surface area contributed by atoms with E-state index in [4.69, 9.17) is 5.73 Å². The van der Waals surface area contributed by atoms with Gasteiger partial charge in [0.25, 0.3) is 0 Å². The van der Waals surface area contributed by atoms with Crippen molar-refractivity contribution in [3.63, 3.8) is 0 Å². The maximum Gasteiger partial charge on any atom is 0.203 e. The summed E-state index contributed by atoms with van der Waals surface area (Å²) in [6.45, 7) is 0. The van der Waals surface area contributed by atoms with Gasteiger partial charge >= 0.3 is 0 Å². The molecule has 1 fully saturated rings. The molecule has 2 aliphatic rings. The lowest BCUT2D eigenvalue weighted by atomic mass is 9.75. The molecule has 1 saturated carbocycles. The zero-order chi connectivity index (χ0) is 17.3. The van der Waals surface area contributed by atoms with Gasteiger partial charge in [-0.25, -0.2) is 9.98 Å². The Morgan fingerprint density at radius 1 is 1.36 bits per heavy atom. The second-order valence-corrected chi connectivity index (χ2v) is 7.61. The summed E-state index contributed by atoms with van der Waals surface area (Å²) < 4.78 is 1.80. The van der Waals surface area contributed by atoms with Gasteiger partial charge in [0.1, 0.15) is 5.66 Å². The van der Waals surface area contributed by atoms with Crippen molar-refractivity contribution in [3.05, 3.63) is 35.7 Å². The summed E-state index contributed by atoms with van der Waals surface area (Å²) in [6.07, 6.45) is 13.5. The van der Waals surface area contributed by atoms with Crippen LogP contribution in [0.3, 0.4) is 0 Å². The number of hydrogen-bond donors (Lipinski definition) is 3. The van der Waals surface area contributed by atoms with Crippen LogP contribution in [0.4, 0.5) is 5.13 Å². The largest absolute Gasteiger partial charge is 0.334 e. The number of aromatic nitrogens is 3. The number of aryl methyl sites for hydroxylation is 1. The van der Waals surface area contributed by atoms with Crippen molar-refractivity contribution in [2.75, 3.05) is 5.32 Å². The Bertz CT molecular complexity index is 786. The van der Waals surface area contributed by atoms with Crippen LogP contribution in [0.15, 0.2) is 35.2 Å². The lowest BCUT2D eigenvalue weighted by Gasteiger charge is -2.43. The molecule has 7 nitrogen and oxygen atoms in total. The molecule has 132 valence electrons. The predicted molar refractivity (Wildman–Crippen MR) is 101 cm³/mol. The van der Waals surface area contributed by atoms with Gasteiger partial charge < -0.3 is 16.4 Å². The molecule has 3 heterocycles. The van der Waals surface area contributed by atoms with E-state index in [9.17, 15) is 0 Å². The van der Waals surface area contributed by atoms with Crippen LogP contribution < -0.4 is 16.4 Å². The molecule has 0 bridgehead atoms. The van der Waals surface area contributed by atoms with E-state index in [2.05, 4.69) is 25.7 Å². The highest BCUT2D eigenvalue weighted by Crippen LogP contribution is 2.39. The highest BCUT2D eigenvalue weighted by atomic mass is 32.1. The monoisotopic (exact) mass is 357 g/mol.